The number of carbonyl (C=O) groups is 1. The fourth-order valence-electron chi connectivity index (χ4n) is 0.765. The van der Waals surface area contributed by atoms with E-state index in [-0.39, 0.29) is 0 Å². The molecule has 0 N–H and O–H groups in total. The molecule has 1 aliphatic heterocycles. The molecule has 1 rings (SSSR count). The van der Waals surface area contributed by atoms with Gasteiger partial charge in [-0.3, -0.25) is 19.6 Å². The van der Waals surface area contributed by atoms with Crippen molar-refractivity contribution >= 4 is 5.97 Å². The van der Waals surface area contributed by atoms with Gasteiger partial charge in [0.1, 0.15) is 0 Å². The van der Waals surface area contributed by atoms with Crippen LogP contribution in [0, 0.1) is 10.1 Å². The molecule has 6 nitrogen and oxygen atoms in total. The van der Waals surface area contributed by atoms with E-state index in [4.69, 9.17) is 0 Å². The highest BCUT2D eigenvalue weighted by atomic mass is 16.7. The van der Waals surface area contributed by atoms with Crippen LogP contribution in [0.1, 0.15) is 6.92 Å². The van der Waals surface area contributed by atoms with Crippen molar-refractivity contribution in [3.05, 3.63) is 22.3 Å². The largest absolute Gasteiger partial charge is 0.432 e. The number of hydrogen-bond donors (Lipinski definition) is 0. The van der Waals surface area contributed by atoms with E-state index >= 15 is 0 Å². The Morgan fingerprint density at radius 2 is 2.33 bits per heavy atom. The van der Waals surface area contributed by atoms with Gasteiger partial charge in [-0.15, -0.1) is 0 Å². The molecule has 0 bridgehead atoms. The molecule has 1 heterocycles. The second-order valence-electron chi connectivity index (χ2n) is 2.17. The van der Waals surface area contributed by atoms with Crippen LogP contribution >= 0.6 is 0 Å². The fraction of sp³-hybridized carbons (Fsp3) is 0.500. The van der Waals surface area contributed by atoms with E-state index in [1.807, 2.05) is 0 Å². The van der Waals surface area contributed by atoms with E-state index in [2.05, 4.69) is 9.47 Å². The van der Waals surface area contributed by atoms with Crippen LogP contribution in [0.25, 0.3) is 0 Å². The Hall–Kier alpha value is -1.43. The Balaban J connectivity index is 2.42. The van der Waals surface area contributed by atoms with Crippen LogP contribution in [-0.2, 0) is 14.3 Å². The molecule has 2 unspecified atom stereocenters. The Kier molecular flexibility index (Phi) is 2.39. The predicted molar refractivity (Wildman–Crippen MR) is 36.6 cm³/mol. The summed E-state index contributed by atoms with van der Waals surface area (Å²) in [6.07, 6.45) is 0.440. The number of hydrogen-bond acceptors (Lipinski definition) is 5. The van der Waals surface area contributed by atoms with Gasteiger partial charge in [-0.1, -0.05) is 0 Å². The quantitative estimate of drug-likeness (QED) is 0.255. The second kappa shape index (κ2) is 3.31. The van der Waals surface area contributed by atoms with Crippen LogP contribution in [0.2, 0.25) is 0 Å². The highest BCUT2D eigenvalue weighted by Crippen LogP contribution is 2.12. The molecule has 12 heavy (non-hydrogen) atoms. The van der Waals surface area contributed by atoms with Crippen molar-refractivity contribution in [2.75, 3.05) is 0 Å². The van der Waals surface area contributed by atoms with Crippen molar-refractivity contribution < 1.29 is 19.2 Å². The number of nitro groups is 1. The fourth-order valence-corrected chi connectivity index (χ4v) is 0.765. The van der Waals surface area contributed by atoms with Gasteiger partial charge in [0.25, 0.3) is 0 Å². The first-order valence-corrected chi connectivity index (χ1v) is 3.24. The topological polar surface area (TPSA) is 78.7 Å². The van der Waals surface area contributed by atoms with Crippen LogP contribution < -0.4 is 0 Å². The monoisotopic (exact) mass is 173 g/mol. The Morgan fingerprint density at radius 3 is 2.75 bits per heavy atom. The van der Waals surface area contributed by atoms with Crippen molar-refractivity contribution in [1.82, 2.24) is 0 Å². The van der Waals surface area contributed by atoms with Crippen molar-refractivity contribution in [3.63, 3.8) is 0 Å². The lowest BCUT2D eigenvalue weighted by Gasteiger charge is -2.08. The van der Waals surface area contributed by atoms with Gasteiger partial charge in [0.2, 0.25) is 6.29 Å². The zero-order chi connectivity index (χ0) is 9.14. The van der Waals surface area contributed by atoms with Gasteiger partial charge >= 0.3 is 12.2 Å². The highest BCUT2D eigenvalue weighted by molar-refractivity contribution is 5.66. The Bertz CT molecular complexity index is 236. The summed E-state index contributed by atoms with van der Waals surface area (Å²) in [6, 6.07) is 0. The molecule has 0 aromatic carbocycles. The second-order valence-corrected chi connectivity index (χ2v) is 2.17. The van der Waals surface area contributed by atoms with Gasteiger partial charge < -0.3 is 4.74 Å². The average Bonchev–Trinajstić information content (AvgIpc) is 2.34. The number of rotatable bonds is 2. The lowest BCUT2D eigenvalue weighted by atomic mass is 10.5. The number of nitrogens with zero attached hydrogens (tertiary/aromatic N) is 1. The van der Waals surface area contributed by atoms with E-state index in [1.165, 1.54) is 19.1 Å². The number of ether oxygens (including phenoxy) is 2. The van der Waals surface area contributed by atoms with Gasteiger partial charge in [-0.2, -0.15) is 0 Å². The van der Waals surface area contributed by atoms with E-state index < -0.39 is 23.4 Å². The van der Waals surface area contributed by atoms with Gasteiger partial charge in [0.05, 0.1) is 4.92 Å². The van der Waals surface area contributed by atoms with Gasteiger partial charge in [-0.25, -0.2) is 0 Å². The van der Waals surface area contributed by atoms with Gasteiger partial charge in [0, 0.05) is 13.0 Å². The number of esters is 1. The van der Waals surface area contributed by atoms with Crippen LogP contribution in [-0.4, -0.2) is 23.4 Å². The third kappa shape index (κ3) is 2.03. The smallest absolute Gasteiger partial charge is 0.338 e. The summed E-state index contributed by atoms with van der Waals surface area (Å²) >= 11 is 0. The molecule has 0 aromatic heterocycles. The highest BCUT2D eigenvalue weighted by Gasteiger charge is 2.28. The molecule has 0 fully saturated rings. The van der Waals surface area contributed by atoms with Gasteiger partial charge in [0.15, 0.2) is 0 Å². The first kappa shape index (κ1) is 8.66. The molecule has 0 saturated heterocycles. The summed E-state index contributed by atoms with van der Waals surface area (Å²) in [7, 11) is 0. The maximum Gasteiger partial charge on any atom is 0.338 e. The lowest BCUT2D eigenvalue weighted by molar-refractivity contribution is -0.564. The van der Waals surface area contributed by atoms with Crippen molar-refractivity contribution in [2.45, 2.75) is 19.4 Å². The summed E-state index contributed by atoms with van der Waals surface area (Å²) in [5, 5.41) is 10.1. The molecule has 2 atom stereocenters. The summed E-state index contributed by atoms with van der Waals surface area (Å²) < 4.78 is 9.22. The molecule has 66 valence electrons. The summed E-state index contributed by atoms with van der Waals surface area (Å²) in [4.78, 5) is 19.9. The molecule has 6 heteroatoms. The van der Waals surface area contributed by atoms with Crippen LogP contribution in [0.15, 0.2) is 12.2 Å². The molecule has 0 radical (unpaired) electrons. The standard InChI is InChI=1S/C6H7NO5/c1-4(8)11-6-3-2-5(12-6)7(9)10/h2-3,5-6H,1H3. The zero-order valence-electron chi connectivity index (χ0n) is 6.30. The zero-order valence-corrected chi connectivity index (χ0v) is 6.30. The molecule has 0 aromatic rings. The van der Waals surface area contributed by atoms with E-state index in [0.717, 1.165) is 0 Å². The average molecular weight is 173 g/mol. The van der Waals surface area contributed by atoms with Crippen molar-refractivity contribution in [1.29, 1.82) is 0 Å². The third-order valence-corrected chi connectivity index (χ3v) is 1.20. The van der Waals surface area contributed by atoms with Crippen LogP contribution in [0.5, 0.6) is 0 Å². The minimum Gasteiger partial charge on any atom is -0.432 e. The minimum atomic E-state index is -1.20. The normalized spacial score (nSPS) is 27.1. The molecule has 0 aliphatic carbocycles. The van der Waals surface area contributed by atoms with E-state index in [9.17, 15) is 14.9 Å². The number of carbonyl (C=O) groups excluding carboxylic acids is 1. The van der Waals surface area contributed by atoms with E-state index in [0.29, 0.717) is 0 Å². The van der Waals surface area contributed by atoms with Crippen LogP contribution in [0.3, 0.4) is 0 Å². The summed E-state index contributed by atoms with van der Waals surface area (Å²) in [5.74, 6) is -0.534. The molecule has 0 spiro atoms. The van der Waals surface area contributed by atoms with E-state index in [1.54, 1.807) is 0 Å². The predicted octanol–water partition coefficient (Wildman–Crippen LogP) is 0.0648. The molecular formula is C6H7NO5. The lowest BCUT2D eigenvalue weighted by Crippen LogP contribution is -2.23. The maximum atomic E-state index is 10.4. The van der Waals surface area contributed by atoms with Gasteiger partial charge in [-0.05, 0) is 6.08 Å². The first-order valence-electron chi connectivity index (χ1n) is 3.24. The van der Waals surface area contributed by atoms with Crippen LogP contribution in [0.4, 0.5) is 0 Å². The molecular weight excluding hydrogens is 166 g/mol. The first-order chi connectivity index (χ1) is 5.59. The Labute approximate surface area is 67.9 Å². The molecule has 1 aliphatic rings. The summed E-state index contributed by atoms with van der Waals surface area (Å²) in [6.45, 7) is 1.21. The van der Waals surface area contributed by atoms with Crippen molar-refractivity contribution in [2.24, 2.45) is 0 Å². The molecule has 0 saturated carbocycles. The minimum absolute atomic E-state index is 0.534. The SMILES string of the molecule is CC(=O)OC1C=CC([N+](=O)[O-])O1. The third-order valence-electron chi connectivity index (χ3n) is 1.20. The maximum absolute atomic E-state index is 10.4. The Morgan fingerprint density at radius 1 is 1.67 bits per heavy atom. The summed E-state index contributed by atoms with van der Waals surface area (Å²) in [5.41, 5.74) is 0. The molecule has 0 amide bonds. The van der Waals surface area contributed by atoms with Crippen molar-refractivity contribution in [3.8, 4) is 0 Å².